The molecule has 1 aromatic rings. The molecule has 0 fully saturated rings. The SMILES string of the molecule is CCC(CC)NCc1nnc(C)n1C. The molecule has 0 spiro atoms. The Kier molecular flexibility index (Phi) is 4.07. The zero-order valence-electron chi connectivity index (χ0n) is 9.54. The van der Waals surface area contributed by atoms with E-state index in [9.17, 15) is 0 Å². The Hall–Kier alpha value is -0.900. The predicted molar refractivity (Wildman–Crippen MR) is 56.9 cm³/mol. The van der Waals surface area contributed by atoms with Crippen LogP contribution < -0.4 is 5.32 Å². The maximum atomic E-state index is 4.11. The lowest BCUT2D eigenvalue weighted by molar-refractivity contribution is 0.471. The maximum absolute atomic E-state index is 4.11. The Morgan fingerprint density at radius 1 is 1.29 bits per heavy atom. The summed E-state index contributed by atoms with van der Waals surface area (Å²) in [6.45, 7) is 7.17. The quantitative estimate of drug-likeness (QED) is 0.774. The summed E-state index contributed by atoms with van der Waals surface area (Å²) in [6.07, 6.45) is 2.32. The Labute approximate surface area is 85.7 Å². The van der Waals surface area contributed by atoms with Crippen molar-refractivity contribution in [1.29, 1.82) is 0 Å². The van der Waals surface area contributed by atoms with Gasteiger partial charge < -0.3 is 9.88 Å². The van der Waals surface area contributed by atoms with Crippen molar-refractivity contribution < 1.29 is 0 Å². The predicted octanol–water partition coefficient (Wildman–Crippen LogP) is 1.40. The van der Waals surface area contributed by atoms with Crippen LogP contribution in [0.1, 0.15) is 38.3 Å². The van der Waals surface area contributed by atoms with Crippen LogP contribution in [0.4, 0.5) is 0 Å². The third kappa shape index (κ3) is 2.54. The van der Waals surface area contributed by atoms with Gasteiger partial charge in [-0.25, -0.2) is 0 Å². The van der Waals surface area contributed by atoms with Gasteiger partial charge in [-0.3, -0.25) is 0 Å². The van der Waals surface area contributed by atoms with E-state index in [1.54, 1.807) is 0 Å². The number of rotatable bonds is 5. The van der Waals surface area contributed by atoms with Gasteiger partial charge in [0.2, 0.25) is 0 Å². The zero-order chi connectivity index (χ0) is 10.6. The molecular weight excluding hydrogens is 176 g/mol. The number of nitrogens with one attached hydrogen (secondary N) is 1. The monoisotopic (exact) mass is 196 g/mol. The van der Waals surface area contributed by atoms with Gasteiger partial charge in [0.25, 0.3) is 0 Å². The molecule has 0 radical (unpaired) electrons. The maximum Gasteiger partial charge on any atom is 0.146 e. The van der Waals surface area contributed by atoms with Crippen LogP contribution >= 0.6 is 0 Å². The van der Waals surface area contributed by atoms with E-state index in [4.69, 9.17) is 0 Å². The molecule has 0 aliphatic heterocycles. The number of aromatic nitrogens is 3. The van der Waals surface area contributed by atoms with E-state index in [0.717, 1.165) is 31.0 Å². The topological polar surface area (TPSA) is 42.7 Å². The van der Waals surface area contributed by atoms with E-state index in [-0.39, 0.29) is 0 Å². The highest BCUT2D eigenvalue weighted by molar-refractivity contribution is 4.92. The first kappa shape index (κ1) is 11.2. The van der Waals surface area contributed by atoms with Crippen molar-refractivity contribution >= 4 is 0 Å². The van der Waals surface area contributed by atoms with E-state index in [1.165, 1.54) is 0 Å². The van der Waals surface area contributed by atoms with Crippen molar-refractivity contribution in [2.75, 3.05) is 0 Å². The third-order valence-corrected chi connectivity index (χ3v) is 2.72. The van der Waals surface area contributed by atoms with Crippen molar-refractivity contribution in [2.45, 2.75) is 46.2 Å². The minimum Gasteiger partial charge on any atom is -0.317 e. The van der Waals surface area contributed by atoms with Gasteiger partial charge in [0.05, 0.1) is 6.54 Å². The zero-order valence-corrected chi connectivity index (χ0v) is 9.54. The highest BCUT2D eigenvalue weighted by Gasteiger charge is 2.07. The van der Waals surface area contributed by atoms with Gasteiger partial charge in [-0.1, -0.05) is 13.8 Å². The summed E-state index contributed by atoms with van der Waals surface area (Å²) < 4.78 is 2.02. The van der Waals surface area contributed by atoms with Gasteiger partial charge in [-0.15, -0.1) is 10.2 Å². The largest absolute Gasteiger partial charge is 0.317 e. The van der Waals surface area contributed by atoms with Crippen LogP contribution in [0.25, 0.3) is 0 Å². The minimum atomic E-state index is 0.590. The second-order valence-electron chi connectivity index (χ2n) is 3.62. The molecule has 4 nitrogen and oxygen atoms in total. The molecule has 0 saturated heterocycles. The summed E-state index contributed by atoms with van der Waals surface area (Å²) in [4.78, 5) is 0. The highest BCUT2D eigenvalue weighted by Crippen LogP contribution is 2.00. The molecule has 80 valence electrons. The summed E-state index contributed by atoms with van der Waals surface area (Å²) in [7, 11) is 2.00. The minimum absolute atomic E-state index is 0.590. The molecule has 0 aliphatic carbocycles. The molecule has 0 amide bonds. The van der Waals surface area contributed by atoms with Gasteiger partial charge in [0.15, 0.2) is 0 Å². The number of nitrogens with zero attached hydrogens (tertiary/aromatic N) is 3. The fourth-order valence-corrected chi connectivity index (χ4v) is 1.42. The Morgan fingerprint density at radius 2 is 1.93 bits per heavy atom. The lowest BCUT2D eigenvalue weighted by Crippen LogP contribution is -2.28. The number of hydrogen-bond donors (Lipinski definition) is 1. The molecule has 0 bridgehead atoms. The average Bonchev–Trinajstić information content (AvgIpc) is 2.51. The van der Waals surface area contributed by atoms with Crippen LogP contribution in [0.3, 0.4) is 0 Å². The molecule has 1 heterocycles. The molecule has 1 aromatic heterocycles. The average molecular weight is 196 g/mol. The standard InChI is InChI=1S/C10H20N4/c1-5-9(6-2)11-7-10-13-12-8(3)14(10)4/h9,11H,5-7H2,1-4H3. The van der Waals surface area contributed by atoms with E-state index >= 15 is 0 Å². The molecule has 0 saturated carbocycles. The van der Waals surface area contributed by atoms with Crippen molar-refractivity contribution in [2.24, 2.45) is 7.05 Å². The van der Waals surface area contributed by atoms with E-state index in [0.29, 0.717) is 6.04 Å². The second-order valence-corrected chi connectivity index (χ2v) is 3.62. The van der Waals surface area contributed by atoms with Crippen LogP contribution in [0, 0.1) is 6.92 Å². The molecule has 0 aromatic carbocycles. The van der Waals surface area contributed by atoms with Gasteiger partial charge in [-0.05, 0) is 19.8 Å². The van der Waals surface area contributed by atoms with Crippen molar-refractivity contribution in [3.05, 3.63) is 11.6 Å². The van der Waals surface area contributed by atoms with Crippen LogP contribution in [0.2, 0.25) is 0 Å². The molecule has 1 N–H and O–H groups in total. The Balaban J connectivity index is 2.49. The van der Waals surface area contributed by atoms with Gasteiger partial charge in [0.1, 0.15) is 11.6 Å². The summed E-state index contributed by atoms with van der Waals surface area (Å²) in [5, 5.41) is 11.6. The van der Waals surface area contributed by atoms with Crippen LogP contribution in [0.15, 0.2) is 0 Å². The summed E-state index contributed by atoms with van der Waals surface area (Å²) in [6, 6.07) is 0.590. The molecule has 0 aliphatic rings. The van der Waals surface area contributed by atoms with Crippen LogP contribution in [-0.2, 0) is 13.6 Å². The molecule has 4 heteroatoms. The van der Waals surface area contributed by atoms with E-state index < -0.39 is 0 Å². The summed E-state index contributed by atoms with van der Waals surface area (Å²) in [5.41, 5.74) is 0. The number of aryl methyl sites for hydroxylation is 1. The first-order chi connectivity index (χ1) is 6.69. The van der Waals surface area contributed by atoms with Gasteiger partial charge >= 0.3 is 0 Å². The van der Waals surface area contributed by atoms with E-state index in [2.05, 4.69) is 29.4 Å². The number of hydrogen-bond acceptors (Lipinski definition) is 3. The Bertz CT molecular complexity index is 276. The van der Waals surface area contributed by atoms with Gasteiger partial charge in [0, 0.05) is 13.1 Å². The summed E-state index contributed by atoms with van der Waals surface area (Å²) in [5.74, 6) is 1.97. The Morgan fingerprint density at radius 3 is 2.36 bits per heavy atom. The normalized spacial score (nSPS) is 11.2. The van der Waals surface area contributed by atoms with Gasteiger partial charge in [-0.2, -0.15) is 0 Å². The molecular formula is C10H20N4. The molecule has 1 rings (SSSR count). The van der Waals surface area contributed by atoms with Crippen LogP contribution in [-0.4, -0.2) is 20.8 Å². The lowest BCUT2D eigenvalue weighted by Gasteiger charge is -2.13. The van der Waals surface area contributed by atoms with E-state index in [1.807, 2.05) is 18.5 Å². The highest BCUT2D eigenvalue weighted by atomic mass is 15.3. The van der Waals surface area contributed by atoms with Crippen molar-refractivity contribution in [1.82, 2.24) is 20.1 Å². The fraction of sp³-hybridized carbons (Fsp3) is 0.800. The van der Waals surface area contributed by atoms with Crippen LogP contribution in [0.5, 0.6) is 0 Å². The first-order valence-electron chi connectivity index (χ1n) is 5.27. The molecule has 0 atom stereocenters. The second kappa shape index (κ2) is 5.10. The lowest BCUT2D eigenvalue weighted by atomic mass is 10.2. The first-order valence-corrected chi connectivity index (χ1v) is 5.27. The van der Waals surface area contributed by atoms with Crippen molar-refractivity contribution in [3.8, 4) is 0 Å². The molecule has 14 heavy (non-hydrogen) atoms. The third-order valence-electron chi connectivity index (χ3n) is 2.72. The smallest absolute Gasteiger partial charge is 0.146 e. The fourth-order valence-electron chi connectivity index (χ4n) is 1.42. The summed E-state index contributed by atoms with van der Waals surface area (Å²) >= 11 is 0. The van der Waals surface area contributed by atoms with Crippen molar-refractivity contribution in [3.63, 3.8) is 0 Å². The molecule has 0 unspecified atom stereocenters.